The monoisotopic (exact) mass is 457 g/mol. The molecule has 0 aliphatic heterocycles. The van der Waals surface area contributed by atoms with Crippen LogP contribution in [-0.2, 0) is 39.3 Å². The predicted octanol–water partition coefficient (Wildman–Crippen LogP) is 2.61. The Morgan fingerprint density at radius 3 is 2.87 bits per heavy atom. The lowest BCUT2D eigenvalue weighted by molar-refractivity contribution is -0.144. The molecule has 0 radical (unpaired) electrons. The molecule has 3 aromatic rings. The quantitative estimate of drug-likeness (QED) is 0.504. The number of rotatable bonds is 8. The van der Waals surface area contributed by atoms with Crippen LogP contribution in [0, 0.1) is 0 Å². The zero-order chi connectivity index (χ0) is 21.8. The summed E-state index contributed by atoms with van der Waals surface area (Å²) < 4.78 is 4.83. The van der Waals surface area contributed by atoms with Crippen molar-refractivity contribution in [2.45, 2.75) is 37.5 Å². The summed E-state index contributed by atoms with van der Waals surface area (Å²) in [4.78, 5) is 46.5. The normalized spacial score (nSPS) is 13.7. The van der Waals surface area contributed by atoms with Gasteiger partial charge in [0.1, 0.15) is 16.7 Å². The van der Waals surface area contributed by atoms with Crippen molar-refractivity contribution in [3.63, 3.8) is 0 Å². The Balaban J connectivity index is 1.35. The highest BCUT2D eigenvalue weighted by Crippen LogP contribution is 2.34. The molecule has 0 unspecified atom stereocenters. The number of methoxy groups -OCH3 is 1. The largest absolute Gasteiger partial charge is 0.467 e. The molecule has 2 heterocycles. The smallest absolute Gasteiger partial charge is 0.328 e. The number of hydrogen-bond acceptors (Lipinski definition) is 7. The minimum absolute atomic E-state index is 0.0990. The number of nitrogens with zero attached hydrogens (tertiary/aromatic N) is 1. The molecule has 2 aromatic heterocycles. The van der Waals surface area contributed by atoms with Crippen molar-refractivity contribution < 1.29 is 14.3 Å². The van der Waals surface area contributed by atoms with Crippen LogP contribution >= 0.6 is 23.1 Å². The molecule has 0 saturated heterocycles. The van der Waals surface area contributed by atoms with Gasteiger partial charge in [-0.05, 0) is 30.4 Å². The van der Waals surface area contributed by atoms with Crippen LogP contribution in [-0.4, -0.2) is 40.7 Å². The first-order valence-corrected chi connectivity index (χ1v) is 12.0. The van der Waals surface area contributed by atoms with Gasteiger partial charge in [-0.3, -0.25) is 9.59 Å². The Morgan fingerprint density at radius 1 is 1.29 bits per heavy atom. The molecule has 1 atom stereocenters. The number of thioether (sulfide) groups is 1. The van der Waals surface area contributed by atoms with Gasteiger partial charge >= 0.3 is 5.97 Å². The summed E-state index contributed by atoms with van der Waals surface area (Å²) >= 11 is 2.94. The van der Waals surface area contributed by atoms with Crippen LogP contribution in [0.25, 0.3) is 10.2 Å². The van der Waals surface area contributed by atoms with E-state index in [1.807, 2.05) is 30.3 Å². The fourth-order valence-corrected chi connectivity index (χ4v) is 5.76. The summed E-state index contributed by atoms with van der Waals surface area (Å²) in [6.45, 7) is 0. The van der Waals surface area contributed by atoms with Crippen LogP contribution in [0.2, 0.25) is 0 Å². The van der Waals surface area contributed by atoms with Gasteiger partial charge in [0.25, 0.3) is 5.56 Å². The van der Waals surface area contributed by atoms with Gasteiger partial charge < -0.3 is 15.0 Å². The van der Waals surface area contributed by atoms with E-state index in [1.54, 1.807) is 11.3 Å². The minimum atomic E-state index is -0.747. The summed E-state index contributed by atoms with van der Waals surface area (Å²) in [6, 6.07) is 8.71. The molecule has 1 aliphatic rings. The van der Waals surface area contributed by atoms with Crippen molar-refractivity contribution in [1.29, 1.82) is 0 Å². The molecule has 1 amide bonds. The Morgan fingerprint density at radius 2 is 2.10 bits per heavy atom. The second kappa shape index (κ2) is 9.65. The lowest BCUT2D eigenvalue weighted by Crippen LogP contribution is -2.43. The first-order valence-electron chi connectivity index (χ1n) is 10.1. The van der Waals surface area contributed by atoms with Crippen LogP contribution < -0.4 is 10.9 Å². The number of aromatic nitrogens is 2. The van der Waals surface area contributed by atoms with E-state index >= 15 is 0 Å². The van der Waals surface area contributed by atoms with Crippen molar-refractivity contribution in [3.05, 3.63) is 62.5 Å². The number of aryl methyl sites for hydroxylation is 2. The molecule has 4 rings (SSSR count). The zero-order valence-corrected chi connectivity index (χ0v) is 18.7. The second-order valence-corrected chi connectivity index (χ2v) is 9.45. The van der Waals surface area contributed by atoms with Gasteiger partial charge in [-0.25, -0.2) is 9.78 Å². The van der Waals surface area contributed by atoms with E-state index in [2.05, 4.69) is 15.3 Å². The molecule has 0 bridgehead atoms. The van der Waals surface area contributed by atoms with Crippen molar-refractivity contribution in [1.82, 2.24) is 15.3 Å². The van der Waals surface area contributed by atoms with E-state index in [-0.39, 0.29) is 17.2 Å². The van der Waals surface area contributed by atoms with Gasteiger partial charge in [0.05, 0.1) is 24.0 Å². The summed E-state index contributed by atoms with van der Waals surface area (Å²) in [5, 5.41) is 3.47. The molecule has 1 aliphatic carbocycles. The molecule has 0 spiro atoms. The first-order chi connectivity index (χ1) is 15.0. The third-order valence-corrected chi connectivity index (χ3v) is 7.33. The predicted molar refractivity (Wildman–Crippen MR) is 123 cm³/mol. The number of ether oxygens (including phenoxy) is 1. The number of aromatic amines is 1. The van der Waals surface area contributed by atoms with Crippen LogP contribution in [0.4, 0.5) is 0 Å². The van der Waals surface area contributed by atoms with Crippen molar-refractivity contribution >= 4 is 45.2 Å². The number of fused-ring (bicyclic) bond motifs is 3. The lowest BCUT2D eigenvalue weighted by Gasteiger charge is -2.16. The third-order valence-electron chi connectivity index (χ3n) is 5.20. The Labute approximate surface area is 187 Å². The highest BCUT2D eigenvalue weighted by atomic mass is 32.2. The molecule has 2 N–H and O–H groups in total. The van der Waals surface area contributed by atoms with Gasteiger partial charge in [-0.2, -0.15) is 0 Å². The van der Waals surface area contributed by atoms with Crippen LogP contribution in [0.3, 0.4) is 0 Å². The zero-order valence-electron chi connectivity index (χ0n) is 17.1. The average molecular weight is 458 g/mol. The maximum absolute atomic E-state index is 12.5. The topological polar surface area (TPSA) is 101 Å². The lowest BCUT2D eigenvalue weighted by atomic mass is 10.1. The maximum atomic E-state index is 12.5. The summed E-state index contributed by atoms with van der Waals surface area (Å²) in [5.41, 5.74) is 1.99. The van der Waals surface area contributed by atoms with Gasteiger partial charge in [0.2, 0.25) is 5.91 Å². The van der Waals surface area contributed by atoms with Gasteiger partial charge in [-0.1, -0.05) is 30.3 Å². The fraction of sp³-hybridized carbons (Fsp3) is 0.364. The number of carbonyl (C=O) groups excluding carboxylic acids is 2. The Hall–Kier alpha value is -2.65. The number of esters is 1. The fourth-order valence-electron chi connectivity index (χ4n) is 3.78. The highest BCUT2D eigenvalue weighted by molar-refractivity contribution is 7.99. The number of amides is 1. The number of benzene rings is 1. The molecule has 0 fully saturated rings. The van der Waals surface area contributed by atoms with Crippen molar-refractivity contribution in [2.75, 3.05) is 12.9 Å². The van der Waals surface area contributed by atoms with E-state index in [4.69, 9.17) is 4.74 Å². The van der Waals surface area contributed by atoms with Crippen molar-refractivity contribution in [2.24, 2.45) is 0 Å². The second-order valence-electron chi connectivity index (χ2n) is 7.38. The van der Waals surface area contributed by atoms with Gasteiger partial charge in [0, 0.05) is 11.3 Å². The molecular formula is C22H23N3O4S2. The number of H-pyrrole nitrogens is 1. The number of nitrogens with one attached hydrogen (secondary N) is 2. The number of thiophene rings is 1. The first kappa shape index (κ1) is 21.6. The molecule has 162 valence electrons. The van der Waals surface area contributed by atoms with Gasteiger partial charge in [0.15, 0.2) is 0 Å². The van der Waals surface area contributed by atoms with E-state index in [9.17, 15) is 14.4 Å². The van der Waals surface area contributed by atoms with Crippen LogP contribution in [0.15, 0.2) is 35.1 Å². The summed E-state index contributed by atoms with van der Waals surface area (Å²) in [5.74, 6) is 0.358. The van der Waals surface area contributed by atoms with Crippen LogP contribution in [0.5, 0.6) is 0 Å². The highest BCUT2D eigenvalue weighted by Gasteiger charge is 2.23. The minimum Gasteiger partial charge on any atom is -0.467 e. The van der Waals surface area contributed by atoms with E-state index in [1.165, 1.54) is 23.7 Å². The molecule has 1 aromatic carbocycles. The van der Waals surface area contributed by atoms with Crippen molar-refractivity contribution in [3.8, 4) is 0 Å². The van der Waals surface area contributed by atoms with Gasteiger partial charge in [-0.15, -0.1) is 23.1 Å². The average Bonchev–Trinajstić information content (AvgIpc) is 3.34. The maximum Gasteiger partial charge on any atom is 0.328 e. The SMILES string of the molecule is COC(=O)[C@H](Cc1ccccc1)NC(=O)CSCc1nc2sc3c(c2c(=O)[nH]1)CCC3. The third kappa shape index (κ3) is 4.99. The van der Waals surface area contributed by atoms with Crippen LogP contribution in [0.1, 0.15) is 28.2 Å². The summed E-state index contributed by atoms with van der Waals surface area (Å²) in [6.07, 6.45) is 3.42. The number of hydrogen-bond donors (Lipinski definition) is 2. The standard InChI is InChI=1S/C22H23N3O4S2/c1-29-22(28)15(10-13-6-3-2-4-7-13)23-18(26)12-30-11-17-24-20(27)19-14-8-5-9-16(14)31-21(19)25-17/h2-4,6-7,15H,5,8-12H2,1H3,(H,23,26)(H,24,25,27)/t15-/m0/s1. The Bertz CT molecular complexity index is 1160. The molecule has 7 nitrogen and oxygen atoms in total. The molecular weight excluding hydrogens is 434 g/mol. The number of carbonyl (C=O) groups is 2. The molecule has 31 heavy (non-hydrogen) atoms. The van der Waals surface area contributed by atoms with E-state index < -0.39 is 12.0 Å². The van der Waals surface area contributed by atoms with E-state index in [0.29, 0.717) is 18.0 Å². The Kier molecular flexibility index (Phi) is 6.72. The molecule has 9 heteroatoms. The summed E-state index contributed by atoms with van der Waals surface area (Å²) in [7, 11) is 1.31. The van der Waals surface area contributed by atoms with E-state index in [0.717, 1.165) is 40.6 Å². The molecule has 0 saturated carbocycles.